The molecule has 0 aliphatic carbocycles. The van der Waals surface area contributed by atoms with Gasteiger partial charge in [0.15, 0.2) is 0 Å². The highest BCUT2D eigenvalue weighted by Crippen LogP contribution is 2.13. The minimum absolute atomic E-state index is 0.383. The Bertz CT molecular complexity index is 437. The van der Waals surface area contributed by atoms with Gasteiger partial charge in [0.05, 0.1) is 0 Å². The van der Waals surface area contributed by atoms with Crippen LogP contribution in [0.1, 0.15) is 44.1 Å². The molecule has 1 aliphatic heterocycles. The van der Waals surface area contributed by atoms with E-state index in [2.05, 4.69) is 41.7 Å². The number of anilines is 1. The monoisotopic (exact) mass is 257 g/mol. The summed E-state index contributed by atoms with van der Waals surface area (Å²) < 4.78 is 0. The number of hydrogen-bond donors (Lipinski definition) is 1. The van der Waals surface area contributed by atoms with Crippen molar-refractivity contribution in [2.75, 3.05) is 11.9 Å². The Kier molecular flexibility index (Phi) is 5.67. The fourth-order valence-corrected chi connectivity index (χ4v) is 2.38. The fourth-order valence-electron chi connectivity index (χ4n) is 2.38. The minimum atomic E-state index is 0.383. The number of fused-ring (bicyclic) bond motifs is 2. The molecule has 2 rings (SSSR count). The molecular weight excluding hydrogens is 234 g/mol. The summed E-state index contributed by atoms with van der Waals surface area (Å²) in [6, 6.07) is 8.47. The molecule has 2 nitrogen and oxygen atoms in total. The van der Waals surface area contributed by atoms with E-state index in [1.54, 1.807) is 0 Å². The Balaban J connectivity index is 1.99. The average Bonchev–Trinajstić information content (AvgIpc) is 2.42. The number of Topliss-reactive ketones (excluding diaryl/α,β-unsaturated/α-hetero) is 1. The van der Waals surface area contributed by atoms with E-state index in [-0.39, 0.29) is 0 Å². The molecule has 1 aliphatic rings. The van der Waals surface area contributed by atoms with Gasteiger partial charge in [-0.1, -0.05) is 30.7 Å². The van der Waals surface area contributed by atoms with E-state index in [1.165, 1.54) is 12.0 Å². The van der Waals surface area contributed by atoms with Crippen LogP contribution in [0.5, 0.6) is 0 Å². The van der Waals surface area contributed by atoms with E-state index in [0.29, 0.717) is 12.2 Å². The Morgan fingerprint density at radius 1 is 1.00 bits per heavy atom. The Morgan fingerprint density at radius 2 is 1.95 bits per heavy atom. The topological polar surface area (TPSA) is 29.1 Å². The van der Waals surface area contributed by atoms with Crippen LogP contribution in [0.2, 0.25) is 0 Å². The normalized spacial score (nSPS) is 19.9. The predicted octanol–water partition coefficient (Wildman–Crippen LogP) is 4.12. The highest BCUT2D eigenvalue weighted by molar-refractivity contribution is 5.78. The zero-order valence-electron chi connectivity index (χ0n) is 11.5. The van der Waals surface area contributed by atoms with E-state index >= 15 is 0 Å². The molecule has 0 saturated heterocycles. The largest absolute Gasteiger partial charge is 0.385 e. The van der Waals surface area contributed by atoms with E-state index in [1.807, 2.05) is 0 Å². The summed E-state index contributed by atoms with van der Waals surface area (Å²) in [6.45, 7) is 0.748. The molecule has 2 heteroatoms. The standard InChI is InChI=1S/C17H23NO/c19-17-11-6-4-2-1-3-5-8-15-9-7-10-16(14-15)18-13-12-17/h3,5,7,9-10,14,18H,1-2,4,6,8,11-13H2/b5-3-. The highest BCUT2D eigenvalue weighted by Gasteiger charge is 2.02. The molecule has 2 bridgehead atoms. The molecule has 1 heterocycles. The molecule has 0 atom stereocenters. The summed E-state index contributed by atoms with van der Waals surface area (Å²) in [5.74, 6) is 0.383. The number of rotatable bonds is 0. The van der Waals surface area contributed by atoms with Crippen molar-refractivity contribution in [3.63, 3.8) is 0 Å². The molecular formula is C17H23NO. The maximum absolute atomic E-state index is 11.7. The van der Waals surface area contributed by atoms with Gasteiger partial charge in [0.25, 0.3) is 0 Å². The van der Waals surface area contributed by atoms with Crippen LogP contribution in [0.4, 0.5) is 5.69 Å². The molecule has 1 aromatic carbocycles. The van der Waals surface area contributed by atoms with Crippen LogP contribution in [0.25, 0.3) is 0 Å². The van der Waals surface area contributed by atoms with Crippen LogP contribution in [-0.4, -0.2) is 12.3 Å². The molecule has 1 N–H and O–H groups in total. The van der Waals surface area contributed by atoms with Gasteiger partial charge >= 0.3 is 0 Å². The third-order valence-electron chi connectivity index (χ3n) is 3.51. The van der Waals surface area contributed by atoms with Crippen molar-refractivity contribution in [1.82, 2.24) is 0 Å². The third kappa shape index (κ3) is 5.29. The van der Waals surface area contributed by atoms with Gasteiger partial charge in [0, 0.05) is 25.1 Å². The Labute approximate surface area is 115 Å². The smallest absolute Gasteiger partial charge is 0.134 e. The van der Waals surface area contributed by atoms with Crippen molar-refractivity contribution in [3.05, 3.63) is 42.0 Å². The van der Waals surface area contributed by atoms with Crippen molar-refractivity contribution < 1.29 is 4.79 Å². The highest BCUT2D eigenvalue weighted by atomic mass is 16.1. The van der Waals surface area contributed by atoms with Gasteiger partial charge in [0.2, 0.25) is 0 Å². The lowest BCUT2D eigenvalue weighted by molar-refractivity contribution is -0.118. The van der Waals surface area contributed by atoms with Crippen molar-refractivity contribution in [3.8, 4) is 0 Å². The van der Waals surface area contributed by atoms with E-state index in [9.17, 15) is 4.79 Å². The van der Waals surface area contributed by atoms with Crippen molar-refractivity contribution >= 4 is 11.5 Å². The minimum Gasteiger partial charge on any atom is -0.385 e. The molecule has 1 aromatic rings. The molecule has 102 valence electrons. The summed E-state index contributed by atoms with van der Waals surface area (Å²) in [6.07, 6.45) is 11.4. The second-order valence-electron chi connectivity index (χ2n) is 5.19. The fraction of sp³-hybridized carbons (Fsp3) is 0.471. The second-order valence-corrected chi connectivity index (χ2v) is 5.19. The first-order valence-electron chi connectivity index (χ1n) is 7.34. The van der Waals surface area contributed by atoms with Gasteiger partial charge in [-0.05, 0) is 43.4 Å². The van der Waals surface area contributed by atoms with Crippen molar-refractivity contribution in [1.29, 1.82) is 0 Å². The first kappa shape index (κ1) is 13.9. The summed E-state index contributed by atoms with van der Waals surface area (Å²) in [5, 5.41) is 3.34. The van der Waals surface area contributed by atoms with Crippen LogP contribution in [0.3, 0.4) is 0 Å². The number of nitrogens with one attached hydrogen (secondary N) is 1. The van der Waals surface area contributed by atoms with E-state index in [4.69, 9.17) is 0 Å². The Morgan fingerprint density at radius 3 is 2.89 bits per heavy atom. The predicted molar refractivity (Wildman–Crippen MR) is 80.5 cm³/mol. The summed E-state index contributed by atoms with van der Waals surface area (Å²) in [7, 11) is 0. The zero-order chi connectivity index (χ0) is 13.3. The Hall–Kier alpha value is -1.57. The summed E-state index contributed by atoms with van der Waals surface area (Å²) in [5.41, 5.74) is 2.44. The zero-order valence-corrected chi connectivity index (χ0v) is 11.5. The van der Waals surface area contributed by atoms with Gasteiger partial charge in [-0.2, -0.15) is 0 Å². The van der Waals surface area contributed by atoms with Gasteiger partial charge in [-0.25, -0.2) is 0 Å². The second kappa shape index (κ2) is 7.78. The van der Waals surface area contributed by atoms with Crippen LogP contribution in [0, 0.1) is 0 Å². The van der Waals surface area contributed by atoms with Gasteiger partial charge in [-0.3, -0.25) is 4.79 Å². The molecule has 0 aromatic heterocycles. The maximum Gasteiger partial charge on any atom is 0.134 e. The average molecular weight is 257 g/mol. The maximum atomic E-state index is 11.7. The number of allylic oxidation sites excluding steroid dienone is 2. The molecule has 0 amide bonds. The van der Waals surface area contributed by atoms with E-state index in [0.717, 1.165) is 44.3 Å². The molecule has 19 heavy (non-hydrogen) atoms. The first-order chi connectivity index (χ1) is 9.34. The number of ketones is 1. The van der Waals surface area contributed by atoms with Gasteiger partial charge < -0.3 is 5.32 Å². The number of benzene rings is 1. The van der Waals surface area contributed by atoms with Crippen LogP contribution in [-0.2, 0) is 11.2 Å². The first-order valence-corrected chi connectivity index (χ1v) is 7.34. The summed E-state index contributed by atoms with van der Waals surface area (Å²) in [4.78, 5) is 11.7. The van der Waals surface area contributed by atoms with E-state index < -0.39 is 0 Å². The SMILES string of the molecule is O=C1CCCCC/C=C\Cc2cccc(c2)NCC1. The number of hydrogen-bond acceptors (Lipinski definition) is 2. The van der Waals surface area contributed by atoms with Crippen LogP contribution < -0.4 is 5.32 Å². The lowest BCUT2D eigenvalue weighted by Gasteiger charge is -2.07. The molecule has 0 fully saturated rings. The molecule has 0 spiro atoms. The number of carbonyl (C=O) groups is 1. The molecule has 0 unspecified atom stereocenters. The lowest BCUT2D eigenvalue weighted by Crippen LogP contribution is -2.08. The van der Waals surface area contributed by atoms with Crippen LogP contribution >= 0.6 is 0 Å². The van der Waals surface area contributed by atoms with Crippen LogP contribution in [0.15, 0.2) is 36.4 Å². The van der Waals surface area contributed by atoms with Gasteiger partial charge in [0.1, 0.15) is 5.78 Å². The summed E-state index contributed by atoms with van der Waals surface area (Å²) >= 11 is 0. The quantitative estimate of drug-likeness (QED) is 0.708. The number of carbonyl (C=O) groups excluding carboxylic acids is 1. The molecule has 0 radical (unpaired) electrons. The van der Waals surface area contributed by atoms with Crippen molar-refractivity contribution in [2.45, 2.75) is 44.9 Å². The molecule has 0 saturated carbocycles. The third-order valence-corrected chi connectivity index (χ3v) is 3.51. The van der Waals surface area contributed by atoms with Crippen molar-refractivity contribution in [2.24, 2.45) is 0 Å². The lowest BCUT2D eigenvalue weighted by atomic mass is 10.1. The van der Waals surface area contributed by atoms with Gasteiger partial charge in [-0.15, -0.1) is 0 Å².